The molecule has 0 saturated carbocycles. The lowest BCUT2D eigenvalue weighted by Gasteiger charge is -2.14. The van der Waals surface area contributed by atoms with Crippen LogP contribution in [0.2, 0.25) is 0 Å². The molecule has 0 amide bonds. The molecule has 0 aliphatic rings. The molecule has 0 aliphatic carbocycles. The van der Waals surface area contributed by atoms with Crippen molar-refractivity contribution in [2.75, 3.05) is 0 Å². The molecule has 0 spiro atoms. The lowest BCUT2D eigenvalue weighted by molar-refractivity contribution is 0.669. The Morgan fingerprint density at radius 2 is 0.902 bits per heavy atom. The van der Waals surface area contributed by atoms with Gasteiger partial charge in [0.2, 0.25) is 0 Å². The third kappa shape index (κ3) is 4.98. The van der Waals surface area contributed by atoms with Crippen LogP contribution in [0.25, 0.3) is 99.6 Å². The first kappa shape index (κ1) is 29.1. The highest BCUT2D eigenvalue weighted by Gasteiger charge is 2.22. The lowest BCUT2D eigenvalue weighted by Crippen LogP contribution is -1.98. The average Bonchev–Trinajstić information content (AvgIpc) is 3.59. The van der Waals surface area contributed by atoms with E-state index < -0.39 is 0 Å². The number of rotatable bonds is 5. The van der Waals surface area contributed by atoms with Crippen LogP contribution in [0.15, 0.2) is 186 Å². The van der Waals surface area contributed by atoms with E-state index in [0.29, 0.717) is 5.82 Å². The van der Waals surface area contributed by atoms with E-state index in [0.717, 1.165) is 61.1 Å². The summed E-state index contributed by atoms with van der Waals surface area (Å²) in [6.07, 6.45) is 0. The third-order valence-electron chi connectivity index (χ3n) is 9.91. The second-order valence-corrected chi connectivity index (χ2v) is 12.9. The summed E-state index contributed by atoms with van der Waals surface area (Å²) in [5.41, 5.74) is 10.7. The van der Waals surface area contributed by atoms with Gasteiger partial charge >= 0.3 is 0 Å². The summed E-state index contributed by atoms with van der Waals surface area (Å²) >= 11 is 0. The molecule has 10 aromatic rings. The van der Waals surface area contributed by atoms with Crippen LogP contribution >= 0.6 is 0 Å². The molecule has 0 saturated heterocycles. The molecular formula is C48H30N2O. The molecule has 238 valence electrons. The summed E-state index contributed by atoms with van der Waals surface area (Å²) in [4.78, 5) is 10.5. The highest BCUT2D eigenvalue weighted by molar-refractivity contribution is 6.14. The molecular weight excluding hydrogens is 621 g/mol. The summed E-state index contributed by atoms with van der Waals surface area (Å²) in [7, 11) is 0. The molecule has 0 fully saturated rings. The third-order valence-corrected chi connectivity index (χ3v) is 9.91. The van der Waals surface area contributed by atoms with Gasteiger partial charge in [-0.05, 0) is 68.1 Å². The molecule has 0 aliphatic heterocycles. The molecule has 0 N–H and O–H groups in total. The fraction of sp³-hybridized carbons (Fsp3) is 0. The van der Waals surface area contributed by atoms with Crippen molar-refractivity contribution >= 4 is 43.5 Å². The van der Waals surface area contributed by atoms with Gasteiger partial charge < -0.3 is 4.42 Å². The first-order valence-electron chi connectivity index (χ1n) is 17.2. The largest absolute Gasteiger partial charge is 0.455 e. The van der Waals surface area contributed by atoms with Gasteiger partial charge in [0.1, 0.15) is 11.2 Å². The number of hydrogen-bond donors (Lipinski definition) is 0. The first-order valence-corrected chi connectivity index (χ1v) is 17.2. The van der Waals surface area contributed by atoms with Crippen molar-refractivity contribution in [2.24, 2.45) is 0 Å². The van der Waals surface area contributed by atoms with Crippen LogP contribution in [0, 0.1) is 0 Å². The van der Waals surface area contributed by atoms with E-state index in [4.69, 9.17) is 14.4 Å². The number of furan rings is 1. The van der Waals surface area contributed by atoms with E-state index in [1.807, 2.05) is 48.5 Å². The van der Waals surface area contributed by atoms with Crippen LogP contribution < -0.4 is 0 Å². The van der Waals surface area contributed by atoms with Crippen molar-refractivity contribution in [3.63, 3.8) is 0 Å². The van der Waals surface area contributed by atoms with Crippen molar-refractivity contribution in [3.05, 3.63) is 182 Å². The minimum Gasteiger partial charge on any atom is -0.455 e. The van der Waals surface area contributed by atoms with Gasteiger partial charge in [0.15, 0.2) is 5.82 Å². The molecule has 0 radical (unpaired) electrons. The van der Waals surface area contributed by atoms with E-state index in [-0.39, 0.29) is 0 Å². The van der Waals surface area contributed by atoms with Crippen LogP contribution in [0.5, 0.6) is 0 Å². The highest BCUT2D eigenvalue weighted by atomic mass is 16.3. The predicted molar refractivity (Wildman–Crippen MR) is 212 cm³/mol. The number of nitrogens with zero attached hydrogens (tertiary/aromatic N) is 2. The van der Waals surface area contributed by atoms with Crippen LogP contribution in [0.3, 0.4) is 0 Å². The SMILES string of the molecule is c1ccc(-c2cc(-c3ccccc3)nc(-c3c(-c4ccc(-c5cc6ccccc6c6ccccc56)cc4)ccc4c3oc3ccccc34)n2)cc1. The Morgan fingerprint density at radius 3 is 1.59 bits per heavy atom. The van der Waals surface area contributed by atoms with E-state index in [1.165, 1.54) is 32.7 Å². The molecule has 3 nitrogen and oxygen atoms in total. The number of benzene rings is 8. The summed E-state index contributed by atoms with van der Waals surface area (Å²) < 4.78 is 6.69. The minimum absolute atomic E-state index is 0.625. The van der Waals surface area contributed by atoms with Gasteiger partial charge in [-0.25, -0.2) is 9.97 Å². The Hall–Kier alpha value is -6.84. The van der Waals surface area contributed by atoms with Crippen molar-refractivity contribution in [1.29, 1.82) is 0 Å². The molecule has 2 aromatic heterocycles. The minimum atomic E-state index is 0.625. The molecule has 0 bridgehead atoms. The van der Waals surface area contributed by atoms with Gasteiger partial charge in [0.05, 0.1) is 17.0 Å². The van der Waals surface area contributed by atoms with Crippen LogP contribution in [-0.4, -0.2) is 9.97 Å². The number of para-hydroxylation sites is 1. The molecule has 8 aromatic carbocycles. The Labute approximate surface area is 295 Å². The summed E-state index contributed by atoms with van der Waals surface area (Å²) in [5.74, 6) is 0.625. The molecule has 3 heteroatoms. The molecule has 51 heavy (non-hydrogen) atoms. The predicted octanol–water partition coefficient (Wildman–Crippen LogP) is 13.0. The van der Waals surface area contributed by atoms with Gasteiger partial charge in [0.25, 0.3) is 0 Å². The van der Waals surface area contributed by atoms with Crippen molar-refractivity contribution < 1.29 is 4.42 Å². The molecule has 0 atom stereocenters. The molecule has 2 heterocycles. The van der Waals surface area contributed by atoms with Gasteiger partial charge in [-0.1, -0.05) is 158 Å². The smallest absolute Gasteiger partial charge is 0.164 e. The average molecular weight is 651 g/mol. The number of aromatic nitrogens is 2. The molecule has 10 rings (SSSR count). The van der Waals surface area contributed by atoms with Gasteiger partial charge in [-0.15, -0.1) is 0 Å². The van der Waals surface area contributed by atoms with Crippen molar-refractivity contribution in [2.45, 2.75) is 0 Å². The normalized spacial score (nSPS) is 11.5. The maximum Gasteiger partial charge on any atom is 0.164 e. The second kappa shape index (κ2) is 11.9. The summed E-state index contributed by atoms with van der Waals surface area (Å²) in [5, 5.41) is 7.12. The monoisotopic (exact) mass is 650 g/mol. The number of fused-ring (bicyclic) bond motifs is 6. The van der Waals surface area contributed by atoms with E-state index in [2.05, 4.69) is 133 Å². The lowest BCUT2D eigenvalue weighted by atomic mass is 9.91. The summed E-state index contributed by atoms with van der Waals surface area (Å²) in [6, 6.07) is 63.8. The quantitative estimate of drug-likeness (QED) is 0.174. The zero-order valence-electron chi connectivity index (χ0n) is 27.6. The van der Waals surface area contributed by atoms with Crippen LogP contribution in [0.4, 0.5) is 0 Å². The Bertz CT molecular complexity index is 2830. The van der Waals surface area contributed by atoms with Gasteiger partial charge in [-0.3, -0.25) is 0 Å². The first-order chi connectivity index (χ1) is 25.3. The van der Waals surface area contributed by atoms with E-state index in [1.54, 1.807) is 0 Å². The maximum absolute atomic E-state index is 6.69. The Balaban J connectivity index is 1.20. The second-order valence-electron chi connectivity index (χ2n) is 12.9. The number of hydrogen-bond acceptors (Lipinski definition) is 3. The van der Waals surface area contributed by atoms with Crippen LogP contribution in [0.1, 0.15) is 0 Å². The maximum atomic E-state index is 6.69. The zero-order chi connectivity index (χ0) is 33.7. The zero-order valence-corrected chi connectivity index (χ0v) is 27.6. The topological polar surface area (TPSA) is 38.9 Å². The standard InChI is InChI=1S/C48H30N2O/c1-3-13-33(14-4-1)43-30-44(34-15-5-2-6-16-34)50-48(49-43)46-37(27-28-41-40-21-11-12-22-45(40)51-47(41)46)31-23-25-32(26-24-31)42-29-35-17-7-8-18-36(35)38-19-9-10-20-39(38)42/h1-30H. The van der Waals surface area contributed by atoms with Gasteiger partial charge in [0, 0.05) is 21.9 Å². The fourth-order valence-electron chi connectivity index (χ4n) is 7.45. The Kier molecular flexibility index (Phi) is 6.81. The van der Waals surface area contributed by atoms with Gasteiger partial charge in [-0.2, -0.15) is 0 Å². The van der Waals surface area contributed by atoms with Crippen molar-refractivity contribution in [1.82, 2.24) is 9.97 Å². The molecule has 0 unspecified atom stereocenters. The van der Waals surface area contributed by atoms with Crippen molar-refractivity contribution in [3.8, 4) is 56.2 Å². The fourth-order valence-corrected chi connectivity index (χ4v) is 7.45. The van der Waals surface area contributed by atoms with Crippen LogP contribution in [-0.2, 0) is 0 Å². The summed E-state index contributed by atoms with van der Waals surface area (Å²) in [6.45, 7) is 0. The highest BCUT2D eigenvalue weighted by Crippen LogP contribution is 2.43. The Morgan fingerprint density at radius 1 is 0.353 bits per heavy atom. The van der Waals surface area contributed by atoms with E-state index in [9.17, 15) is 0 Å². The van der Waals surface area contributed by atoms with E-state index >= 15 is 0 Å².